The average molecular weight is 296 g/mol. The minimum atomic E-state index is -0.293. The number of nitrogens with two attached hydrogens (primary N) is 1. The van der Waals surface area contributed by atoms with Crippen molar-refractivity contribution in [2.24, 2.45) is 0 Å². The van der Waals surface area contributed by atoms with Crippen LogP contribution in [0.15, 0.2) is 34.9 Å². The molecular formula is C12H11BrFN3. The summed E-state index contributed by atoms with van der Waals surface area (Å²) in [4.78, 5) is 4.19. The summed E-state index contributed by atoms with van der Waals surface area (Å²) in [6, 6.07) is 6.15. The van der Waals surface area contributed by atoms with Crippen molar-refractivity contribution in [3.63, 3.8) is 0 Å². The lowest BCUT2D eigenvalue weighted by atomic mass is 10.2. The van der Waals surface area contributed by atoms with E-state index < -0.39 is 0 Å². The second-order valence-electron chi connectivity index (χ2n) is 3.68. The first kappa shape index (κ1) is 11.9. The first-order valence-corrected chi connectivity index (χ1v) is 5.80. The van der Waals surface area contributed by atoms with Crippen molar-refractivity contribution < 1.29 is 4.39 Å². The lowest BCUT2D eigenvalue weighted by Gasteiger charge is -2.09. The van der Waals surface area contributed by atoms with Gasteiger partial charge in [0.1, 0.15) is 11.6 Å². The first-order valence-electron chi connectivity index (χ1n) is 5.00. The van der Waals surface area contributed by atoms with Gasteiger partial charge in [0.15, 0.2) is 0 Å². The standard InChI is InChI=1S/C12H11BrFN3/c1-7-6-16-12(5-10(7)15)17-11-3-2-8(14)4-9(11)13/h2-6H,1H3,(H3,15,16,17). The third-order valence-corrected chi connectivity index (χ3v) is 2.99. The Hall–Kier alpha value is -1.62. The summed E-state index contributed by atoms with van der Waals surface area (Å²) in [5.41, 5.74) is 8.11. The van der Waals surface area contributed by atoms with Crippen molar-refractivity contribution in [1.29, 1.82) is 0 Å². The van der Waals surface area contributed by atoms with E-state index in [0.717, 1.165) is 11.3 Å². The van der Waals surface area contributed by atoms with Crippen LogP contribution in [0.25, 0.3) is 0 Å². The van der Waals surface area contributed by atoms with E-state index >= 15 is 0 Å². The Bertz CT molecular complexity index is 557. The Morgan fingerprint density at radius 2 is 2.12 bits per heavy atom. The molecule has 0 fully saturated rings. The molecule has 0 atom stereocenters. The van der Waals surface area contributed by atoms with Gasteiger partial charge in [-0.25, -0.2) is 9.37 Å². The van der Waals surface area contributed by atoms with E-state index in [2.05, 4.69) is 26.2 Å². The maximum Gasteiger partial charge on any atom is 0.132 e. The van der Waals surface area contributed by atoms with E-state index in [-0.39, 0.29) is 5.82 Å². The van der Waals surface area contributed by atoms with Crippen LogP contribution in [0, 0.1) is 12.7 Å². The fourth-order valence-corrected chi connectivity index (χ4v) is 1.79. The molecule has 0 radical (unpaired) electrons. The lowest BCUT2D eigenvalue weighted by molar-refractivity contribution is 0.627. The summed E-state index contributed by atoms with van der Waals surface area (Å²) < 4.78 is 13.5. The highest BCUT2D eigenvalue weighted by molar-refractivity contribution is 9.10. The van der Waals surface area contributed by atoms with Crippen molar-refractivity contribution in [3.8, 4) is 0 Å². The molecule has 2 rings (SSSR count). The van der Waals surface area contributed by atoms with Crippen LogP contribution in [-0.2, 0) is 0 Å². The van der Waals surface area contributed by atoms with Crippen molar-refractivity contribution in [3.05, 3.63) is 46.3 Å². The zero-order chi connectivity index (χ0) is 12.4. The van der Waals surface area contributed by atoms with Crippen molar-refractivity contribution in [2.75, 3.05) is 11.1 Å². The fraction of sp³-hybridized carbons (Fsp3) is 0.0833. The van der Waals surface area contributed by atoms with E-state index in [1.54, 1.807) is 18.3 Å². The monoisotopic (exact) mass is 295 g/mol. The summed E-state index contributed by atoms with van der Waals surface area (Å²) in [6.45, 7) is 1.89. The number of halogens is 2. The molecule has 0 saturated carbocycles. The van der Waals surface area contributed by atoms with Crippen LogP contribution in [0.1, 0.15) is 5.56 Å². The van der Waals surface area contributed by atoms with Crippen molar-refractivity contribution >= 4 is 33.1 Å². The van der Waals surface area contributed by atoms with Crippen LogP contribution >= 0.6 is 15.9 Å². The molecule has 0 bridgehead atoms. The molecule has 17 heavy (non-hydrogen) atoms. The number of hydrogen-bond donors (Lipinski definition) is 2. The normalized spacial score (nSPS) is 10.3. The molecule has 0 unspecified atom stereocenters. The predicted octanol–water partition coefficient (Wildman–Crippen LogP) is 3.62. The highest BCUT2D eigenvalue weighted by atomic mass is 79.9. The predicted molar refractivity (Wildman–Crippen MR) is 70.8 cm³/mol. The topological polar surface area (TPSA) is 50.9 Å². The van der Waals surface area contributed by atoms with Crippen LogP contribution in [0.4, 0.5) is 21.6 Å². The minimum Gasteiger partial charge on any atom is -0.398 e. The van der Waals surface area contributed by atoms with Crippen LogP contribution in [0.2, 0.25) is 0 Å². The maximum absolute atomic E-state index is 12.9. The Balaban J connectivity index is 2.28. The molecule has 88 valence electrons. The molecule has 0 aliphatic heterocycles. The molecular weight excluding hydrogens is 285 g/mol. The number of nitrogens with one attached hydrogen (secondary N) is 1. The number of hydrogen-bond acceptors (Lipinski definition) is 3. The number of rotatable bonds is 2. The quantitative estimate of drug-likeness (QED) is 0.890. The van der Waals surface area contributed by atoms with Crippen molar-refractivity contribution in [1.82, 2.24) is 4.98 Å². The SMILES string of the molecule is Cc1cnc(Nc2ccc(F)cc2Br)cc1N. The number of anilines is 3. The smallest absolute Gasteiger partial charge is 0.132 e. The van der Waals surface area contributed by atoms with Crippen LogP contribution in [0.3, 0.4) is 0 Å². The number of nitrogens with zero attached hydrogens (tertiary/aromatic N) is 1. The average Bonchev–Trinajstić information content (AvgIpc) is 2.27. The van der Waals surface area contributed by atoms with Gasteiger partial charge in [0.25, 0.3) is 0 Å². The van der Waals surface area contributed by atoms with E-state index in [4.69, 9.17) is 5.73 Å². The number of pyridine rings is 1. The number of benzene rings is 1. The highest BCUT2D eigenvalue weighted by Gasteiger charge is 2.03. The van der Waals surface area contributed by atoms with Gasteiger partial charge in [-0.3, -0.25) is 0 Å². The number of aryl methyl sites for hydroxylation is 1. The molecule has 1 heterocycles. The zero-order valence-corrected chi connectivity index (χ0v) is 10.8. The second kappa shape index (κ2) is 4.71. The molecule has 2 aromatic rings. The van der Waals surface area contributed by atoms with Gasteiger partial charge in [0, 0.05) is 22.4 Å². The van der Waals surface area contributed by atoms with Gasteiger partial charge in [0.2, 0.25) is 0 Å². The molecule has 0 saturated heterocycles. The largest absolute Gasteiger partial charge is 0.398 e. The third-order valence-electron chi connectivity index (χ3n) is 2.34. The van der Waals surface area contributed by atoms with Crippen LogP contribution in [0.5, 0.6) is 0 Å². The van der Waals surface area contributed by atoms with Gasteiger partial charge < -0.3 is 11.1 Å². The zero-order valence-electron chi connectivity index (χ0n) is 9.17. The van der Waals surface area contributed by atoms with Gasteiger partial charge in [-0.05, 0) is 46.6 Å². The third kappa shape index (κ3) is 2.74. The fourth-order valence-electron chi connectivity index (χ4n) is 1.34. The molecule has 3 nitrogen and oxygen atoms in total. The summed E-state index contributed by atoms with van der Waals surface area (Å²) in [6.07, 6.45) is 1.69. The van der Waals surface area contributed by atoms with Gasteiger partial charge in [-0.15, -0.1) is 0 Å². The molecule has 0 aliphatic carbocycles. The summed E-state index contributed by atoms with van der Waals surface area (Å²) in [5, 5.41) is 3.06. The lowest BCUT2D eigenvalue weighted by Crippen LogP contribution is -1.98. The van der Waals surface area contributed by atoms with Gasteiger partial charge >= 0.3 is 0 Å². The van der Waals surface area contributed by atoms with E-state index in [9.17, 15) is 4.39 Å². The van der Waals surface area contributed by atoms with Gasteiger partial charge in [0.05, 0.1) is 5.69 Å². The van der Waals surface area contributed by atoms with E-state index in [1.807, 2.05) is 6.92 Å². The molecule has 0 spiro atoms. The molecule has 0 amide bonds. The number of aromatic nitrogens is 1. The van der Waals surface area contributed by atoms with Crippen molar-refractivity contribution in [2.45, 2.75) is 6.92 Å². The van der Waals surface area contributed by atoms with E-state index in [1.165, 1.54) is 12.1 Å². The first-order chi connectivity index (χ1) is 8.06. The van der Waals surface area contributed by atoms with E-state index in [0.29, 0.717) is 16.0 Å². The van der Waals surface area contributed by atoms with Crippen LogP contribution < -0.4 is 11.1 Å². The summed E-state index contributed by atoms with van der Waals surface area (Å²) in [5.74, 6) is 0.333. The minimum absolute atomic E-state index is 0.293. The molecule has 3 N–H and O–H groups in total. The Morgan fingerprint density at radius 3 is 2.76 bits per heavy atom. The highest BCUT2D eigenvalue weighted by Crippen LogP contribution is 2.26. The Kier molecular flexibility index (Phi) is 3.28. The number of nitrogen functional groups attached to an aromatic ring is 1. The summed E-state index contributed by atoms with van der Waals surface area (Å²) in [7, 11) is 0. The Morgan fingerprint density at radius 1 is 1.35 bits per heavy atom. The molecule has 1 aromatic heterocycles. The second-order valence-corrected chi connectivity index (χ2v) is 4.53. The van der Waals surface area contributed by atoms with Gasteiger partial charge in [-0.1, -0.05) is 0 Å². The van der Waals surface area contributed by atoms with Crippen LogP contribution in [-0.4, -0.2) is 4.98 Å². The van der Waals surface area contributed by atoms with Gasteiger partial charge in [-0.2, -0.15) is 0 Å². The summed E-state index contributed by atoms with van der Waals surface area (Å²) >= 11 is 3.28. The molecule has 1 aromatic carbocycles. The maximum atomic E-state index is 12.9. The molecule has 5 heteroatoms. The Labute approximate surface area is 107 Å². The molecule has 0 aliphatic rings.